The molecule has 0 spiro atoms. The highest BCUT2D eigenvalue weighted by Crippen LogP contribution is 2.38. The van der Waals surface area contributed by atoms with Crippen LogP contribution in [0, 0.1) is 0 Å². The number of hydrogen-bond donors (Lipinski definition) is 0. The SMILES string of the molecule is COc1cccc(-c2coc3cc(OC)c(/C(C)=C/C(=O)N4CCN(S(C)(=O)=O)CC4)cc23)c1. The van der Waals surface area contributed by atoms with Crippen LogP contribution in [0.5, 0.6) is 11.5 Å². The van der Waals surface area contributed by atoms with Crippen molar-refractivity contribution in [3.63, 3.8) is 0 Å². The van der Waals surface area contributed by atoms with Crippen LogP contribution < -0.4 is 9.47 Å². The van der Waals surface area contributed by atoms with Gasteiger partial charge in [0.15, 0.2) is 0 Å². The normalized spacial score (nSPS) is 15.5. The summed E-state index contributed by atoms with van der Waals surface area (Å²) in [5, 5.41) is 0.894. The molecule has 0 N–H and O–H groups in total. The standard InChI is InChI=1S/C25H28N2O6S/c1-17(12-25(28)26-8-10-27(11-9-26)34(4,29)30)20-14-21-22(16-33-24(21)15-23(20)32-3)18-6-5-7-19(13-18)31-2/h5-7,12-16H,8-11H2,1-4H3/b17-12+. The molecule has 3 aromatic rings. The molecular weight excluding hydrogens is 456 g/mol. The van der Waals surface area contributed by atoms with Gasteiger partial charge in [0.25, 0.3) is 0 Å². The Hall–Kier alpha value is -3.30. The minimum absolute atomic E-state index is 0.159. The number of sulfonamides is 1. The first-order valence-corrected chi connectivity index (χ1v) is 12.7. The lowest BCUT2D eigenvalue weighted by Gasteiger charge is -2.32. The van der Waals surface area contributed by atoms with Gasteiger partial charge < -0.3 is 18.8 Å². The van der Waals surface area contributed by atoms with Crippen LogP contribution in [0.25, 0.3) is 27.7 Å². The monoisotopic (exact) mass is 484 g/mol. The summed E-state index contributed by atoms with van der Waals surface area (Å²) < 4.78 is 41.6. The van der Waals surface area contributed by atoms with Crippen molar-refractivity contribution in [1.29, 1.82) is 0 Å². The van der Waals surface area contributed by atoms with Gasteiger partial charge in [-0.1, -0.05) is 12.1 Å². The van der Waals surface area contributed by atoms with Crippen molar-refractivity contribution in [3.05, 3.63) is 54.3 Å². The van der Waals surface area contributed by atoms with E-state index in [-0.39, 0.29) is 5.91 Å². The largest absolute Gasteiger partial charge is 0.497 e. The maximum absolute atomic E-state index is 12.9. The summed E-state index contributed by atoms with van der Waals surface area (Å²) in [5.41, 5.74) is 4.06. The van der Waals surface area contributed by atoms with Gasteiger partial charge in [0.1, 0.15) is 17.1 Å². The van der Waals surface area contributed by atoms with Gasteiger partial charge in [-0.2, -0.15) is 4.31 Å². The second-order valence-electron chi connectivity index (χ2n) is 8.24. The third-order valence-corrected chi connectivity index (χ3v) is 7.36. The van der Waals surface area contributed by atoms with Gasteiger partial charge in [0, 0.05) is 54.8 Å². The molecule has 2 heterocycles. The van der Waals surface area contributed by atoms with E-state index in [1.54, 1.807) is 31.5 Å². The van der Waals surface area contributed by atoms with E-state index < -0.39 is 10.0 Å². The van der Waals surface area contributed by atoms with E-state index in [2.05, 4.69) is 0 Å². The Morgan fingerprint density at radius 1 is 1.06 bits per heavy atom. The first-order chi connectivity index (χ1) is 16.2. The minimum Gasteiger partial charge on any atom is -0.497 e. The van der Waals surface area contributed by atoms with E-state index in [0.29, 0.717) is 37.5 Å². The lowest BCUT2D eigenvalue weighted by Crippen LogP contribution is -2.49. The van der Waals surface area contributed by atoms with Crippen LogP contribution in [0.3, 0.4) is 0 Å². The van der Waals surface area contributed by atoms with Crippen molar-refractivity contribution in [1.82, 2.24) is 9.21 Å². The molecule has 0 saturated carbocycles. The maximum atomic E-state index is 12.9. The van der Waals surface area contributed by atoms with Crippen molar-refractivity contribution in [2.24, 2.45) is 0 Å². The molecule has 180 valence electrons. The van der Waals surface area contributed by atoms with E-state index in [1.165, 1.54) is 10.6 Å². The topological polar surface area (TPSA) is 89.3 Å². The number of nitrogens with zero attached hydrogens (tertiary/aromatic N) is 2. The summed E-state index contributed by atoms with van der Waals surface area (Å²) >= 11 is 0. The second kappa shape index (κ2) is 9.52. The molecule has 9 heteroatoms. The molecule has 0 unspecified atom stereocenters. The van der Waals surface area contributed by atoms with Crippen molar-refractivity contribution in [3.8, 4) is 22.6 Å². The second-order valence-corrected chi connectivity index (χ2v) is 10.2. The molecular formula is C25H28N2O6S. The number of allylic oxidation sites excluding steroid dienone is 1. The van der Waals surface area contributed by atoms with E-state index in [1.807, 2.05) is 43.3 Å². The van der Waals surface area contributed by atoms with Gasteiger partial charge in [-0.3, -0.25) is 4.79 Å². The van der Waals surface area contributed by atoms with Crippen LogP contribution in [0.15, 0.2) is 53.2 Å². The van der Waals surface area contributed by atoms with Crippen LogP contribution in [0.4, 0.5) is 0 Å². The third-order valence-electron chi connectivity index (χ3n) is 6.06. The first-order valence-electron chi connectivity index (χ1n) is 10.9. The molecule has 1 aliphatic rings. The number of amides is 1. The Labute approximate surface area is 199 Å². The molecule has 1 aliphatic heterocycles. The Morgan fingerprint density at radius 3 is 2.44 bits per heavy atom. The number of carbonyl (C=O) groups excluding carboxylic acids is 1. The van der Waals surface area contributed by atoms with Crippen LogP contribution >= 0.6 is 0 Å². The number of rotatable bonds is 6. The number of fused-ring (bicyclic) bond motifs is 1. The first kappa shape index (κ1) is 23.8. The molecule has 0 aliphatic carbocycles. The Bertz CT molecular complexity index is 1350. The highest BCUT2D eigenvalue weighted by molar-refractivity contribution is 7.88. The van der Waals surface area contributed by atoms with Gasteiger partial charge in [-0.15, -0.1) is 0 Å². The summed E-state index contributed by atoms with van der Waals surface area (Å²) in [5.74, 6) is 1.19. The number of carbonyl (C=O) groups is 1. The molecule has 2 aromatic carbocycles. The molecule has 1 fully saturated rings. The zero-order valence-electron chi connectivity index (χ0n) is 19.7. The average molecular weight is 485 g/mol. The number of methoxy groups -OCH3 is 2. The Kier molecular flexibility index (Phi) is 6.67. The predicted molar refractivity (Wildman–Crippen MR) is 131 cm³/mol. The quantitative estimate of drug-likeness (QED) is 0.497. The highest BCUT2D eigenvalue weighted by Gasteiger charge is 2.25. The molecule has 0 bridgehead atoms. The van der Waals surface area contributed by atoms with E-state index in [0.717, 1.165) is 33.4 Å². The number of benzene rings is 2. The summed E-state index contributed by atoms with van der Waals surface area (Å²) in [6.45, 7) is 3.16. The summed E-state index contributed by atoms with van der Waals surface area (Å²) in [4.78, 5) is 14.6. The number of furan rings is 1. The zero-order chi connectivity index (χ0) is 24.5. The summed E-state index contributed by atoms with van der Waals surface area (Å²) in [7, 11) is -0.0440. The van der Waals surface area contributed by atoms with Crippen LogP contribution in [0.1, 0.15) is 12.5 Å². The molecule has 1 amide bonds. The fraction of sp³-hybridized carbons (Fsp3) is 0.320. The number of hydrogen-bond acceptors (Lipinski definition) is 6. The molecule has 1 aromatic heterocycles. The Morgan fingerprint density at radius 2 is 1.79 bits per heavy atom. The lowest BCUT2D eigenvalue weighted by molar-refractivity contribution is -0.127. The van der Waals surface area contributed by atoms with E-state index in [9.17, 15) is 13.2 Å². The van der Waals surface area contributed by atoms with Crippen molar-refractivity contribution in [2.45, 2.75) is 6.92 Å². The molecule has 1 saturated heterocycles. The number of piperazine rings is 1. The smallest absolute Gasteiger partial charge is 0.246 e. The fourth-order valence-electron chi connectivity index (χ4n) is 4.14. The lowest BCUT2D eigenvalue weighted by atomic mass is 9.99. The molecule has 34 heavy (non-hydrogen) atoms. The minimum atomic E-state index is -3.25. The van der Waals surface area contributed by atoms with Gasteiger partial charge >= 0.3 is 0 Å². The van der Waals surface area contributed by atoms with Crippen LogP contribution in [-0.2, 0) is 14.8 Å². The highest BCUT2D eigenvalue weighted by atomic mass is 32.2. The van der Waals surface area contributed by atoms with Gasteiger partial charge in [-0.25, -0.2) is 8.42 Å². The van der Waals surface area contributed by atoms with Gasteiger partial charge in [0.05, 0.1) is 26.7 Å². The molecule has 4 rings (SSSR count). The van der Waals surface area contributed by atoms with Crippen molar-refractivity contribution >= 4 is 32.5 Å². The summed E-state index contributed by atoms with van der Waals surface area (Å²) in [6, 6.07) is 11.5. The van der Waals surface area contributed by atoms with Crippen LogP contribution in [0.2, 0.25) is 0 Å². The van der Waals surface area contributed by atoms with Crippen LogP contribution in [-0.4, -0.2) is 70.2 Å². The van der Waals surface area contributed by atoms with Crippen molar-refractivity contribution in [2.75, 3.05) is 46.7 Å². The van der Waals surface area contributed by atoms with E-state index in [4.69, 9.17) is 13.9 Å². The average Bonchev–Trinajstić information content (AvgIpc) is 3.25. The van der Waals surface area contributed by atoms with Crippen molar-refractivity contribution < 1.29 is 27.1 Å². The zero-order valence-corrected chi connectivity index (χ0v) is 20.5. The fourth-order valence-corrected chi connectivity index (χ4v) is 4.97. The van der Waals surface area contributed by atoms with Gasteiger partial charge in [0.2, 0.25) is 15.9 Å². The Balaban J connectivity index is 1.65. The number of ether oxygens (including phenoxy) is 2. The molecule has 8 nitrogen and oxygen atoms in total. The third kappa shape index (κ3) is 4.80. The summed E-state index contributed by atoms with van der Waals surface area (Å²) in [6.07, 6.45) is 4.46. The molecule has 0 atom stereocenters. The predicted octanol–water partition coefficient (Wildman–Crippen LogP) is 3.62. The van der Waals surface area contributed by atoms with Gasteiger partial charge in [-0.05, 0) is 36.3 Å². The van der Waals surface area contributed by atoms with E-state index >= 15 is 0 Å². The molecule has 0 radical (unpaired) electrons. The maximum Gasteiger partial charge on any atom is 0.246 e.